The largest absolute Gasteiger partial charge is 0.466 e. The van der Waals surface area contributed by atoms with Gasteiger partial charge in [0.15, 0.2) is 0 Å². The second-order valence-corrected chi connectivity index (χ2v) is 4.18. The minimum Gasteiger partial charge on any atom is -0.466 e. The van der Waals surface area contributed by atoms with Crippen molar-refractivity contribution in [3.05, 3.63) is 0 Å². The lowest BCUT2D eigenvalue weighted by Crippen LogP contribution is -2.21. The van der Waals surface area contributed by atoms with Crippen LogP contribution in [-0.2, 0) is 14.3 Å². The first-order chi connectivity index (χ1) is 6.95. The Bertz CT molecular complexity index is 214. The standard InChI is InChI=1S/C11H21NO3/c1-4-15-11(14)7-9(5-8(2)3)6-10(12)13/h8-9H,4-7H2,1-3H3,(H2,12,13). The second kappa shape index (κ2) is 7.26. The Morgan fingerprint density at radius 2 is 1.87 bits per heavy atom. The molecule has 1 amide bonds. The lowest BCUT2D eigenvalue weighted by atomic mass is 9.91. The molecule has 88 valence electrons. The van der Waals surface area contributed by atoms with Crippen LogP contribution in [0.3, 0.4) is 0 Å². The smallest absolute Gasteiger partial charge is 0.306 e. The molecule has 0 aliphatic carbocycles. The quantitative estimate of drug-likeness (QED) is 0.654. The molecule has 15 heavy (non-hydrogen) atoms. The van der Waals surface area contributed by atoms with Crippen LogP contribution in [-0.4, -0.2) is 18.5 Å². The van der Waals surface area contributed by atoms with E-state index in [9.17, 15) is 9.59 Å². The molecule has 0 aliphatic rings. The SMILES string of the molecule is CCOC(=O)CC(CC(N)=O)CC(C)C. The Morgan fingerprint density at radius 1 is 1.27 bits per heavy atom. The lowest BCUT2D eigenvalue weighted by molar-refractivity contribution is -0.144. The molecule has 0 bridgehead atoms. The van der Waals surface area contributed by atoms with Crippen LogP contribution in [0.25, 0.3) is 0 Å². The van der Waals surface area contributed by atoms with E-state index in [1.54, 1.807) is 6.92 Å². The van der Waals surface area contributed by atoms with Gasteiger partial charge in [0, 0.05) is 12.8 Å². The summed E-state index contributed by atoms with van der Waals surface area (Å²) >= 11 is 0. The van der Waals surface area contributed by atoms with Crippen LogP contribution < -0.4 is 5.73 Å². The van der Waals surface area contributed by atoms with Gasteiger partial charge in [-0.2, -0.15) is 0 Å². The van der Waals surface area contributed by atoms with E-state index < -0.39 is 0 Å². The fourth-order valence-electron chi connectivity index (χ4n) is 1.65. The third-order valence-corrected chi connectivity index (χ3v) is 2.06. The number of hydrogen-bond acceptors (Lipinski definition) is 3. The van der Waals surface area contributed by atoms with E-state index in [2.05, 4.69) is 13.8 Å². The summed E-state index contributed by atoms with van der Waals surface area (Å²) in [7, 11) is 0. The molecule has 1 unspecified atom stereocenters. The van der Waals surface area contributed by atoms with Crippen molar-refractivity contribution >= 4 is 11.9 Å². The third kappa shape index (κ3) is 7.97. The van der Waals surface area contributed by atoms with Gasteiger partial charge in [-0.05, 0) is 25.2 Å². The lowest BCUT2D eigenvalue weighted by Gasteiger charge is -2.16. The summed E-state index contributed by atoms with van der Waals surface area (Å²) in [4.78, 5) is 22.0. The highest BCUT2D eigenvalue weighted by molar-refractivity contribution is 5.75. The number of amides is 1. The predicted octanol–water partition coefficient (Wildman–Crippen LogP) is 1.48. The van der Waals surface area contributed by atoms with Gasteiger partial charge in [0.05, 0.1) is 6.61 Å². The topological polar surface area (TPSA) is 69.4 Å². The summed E-state index contributed by atoms with van der Waals surface area (Å²) in [5.41, 5.74) is 5.13. The van der Waals surface area contributed by atoms with Crippen molar-refractivity contribution in [2.24, 2.45) is 17.6 Å². The second-order valence-electron chi connectivity index (χ2n) is 4.18. The van der Waals surface area contributed by atoms with Gasteiger partial charge < -0.3 is 10.5 Å². The first-order valence-corrected chi connectivity index (χ1v) is 5.39. The van der Waals surface area contributed by atoms with Gasteiger partial charge in [-0.1, -0.05) is 13.8 Å². The maximum atomic E-state index is 11.2. The maximum Gasteiger partial charge on any atom is 0.306 e. The summed E-state index contributed by atoms with van der Waals surface area (Å²) < 4.78 is 4.84. The third-order valence-electron chi connectivity index (χ3n) is 2.06. The molecule has 0 saturated heterocycles. The molecule has 0 spiro atoms. The number of primary amides is 1. The Hall–Kier alpha value is -1.06. The van der Waals surface area contributed by atoms with Crippen LogP contribution in [0.5, 0.6) is 0 Å². The van der Waals surface area contributed by atoms with Crippen molar-refractivity contribution in [1.29, 1.82) is 0 Å². The molecule has 4 heteroatoms. The molecule has 0 radical (unpaired) electrons. The van der Waals surface area contributed by atoms with Crippen molar-refractivity contribution in [2.75, 3.05) is 6.61 Å². The molecule has 0 aromatic heterocycles. The first-order valence-electron chi connectivity index (χ1n) is 5.39. The number of rotatable bonds is 7. The molecule has 0 aromatic rings. The maximum absolute atomic E-state index is 11.2. The molecule has 2 N–H and O–H groups in total. The first kappa shape index (κ1) is 13.9. The van der Waals surface area contributed by atoms with Gasteiger partial charge in [-0.3, -0.25) is 9.59 Å². The van der Waals surface area contributed by atoms with E-state index in [-0.39, 0.29) is 30.6 Å². The monoisotopic (exact) mass is 215 g/mol. The average molecular weight is 215 g/mol. The molecule has 0 aliphatic heterocycles. The highest BCUT2D eigenvalue weighted by atomic mass is 16.5. The molecule has 0 heterocycles. The number of hydrogen-bond donors (Lipinski definition) is 1. The summed E-state index contributed by atoms with van der Waals surface area (Å²) in [6.07, 6.45) is 1.37. The minimum atomic E-state index is -0.357. The zero-order chi connectivity index (χ0) is 11.8. The number of carbonyl (C=O) groups is 2. The van der Waals surface area contributed by atoms with E-state index in [1.807, 2.05) is 0 Å². The fraction of sp³-hybridized carbons (Fsp3) is 0.818. The predicted molar refractivity (Wildman–Crippen MR) is 58.0 cm³/mol. The minimum absolute atomic E-state index is 0.0153. The number of carbonyl (C=O) groups excluding carboxylic acids is 2. The highest BCUT2D eigenvalue weighted by Crippen LogP contribution is 2.19. The van der Waals surface area contributed by atoms with Crippen LogP contribution in [0.15, 0.2) is 0 Å². The number of esters is 1. The number of ether oxygens (including phenoxy) is 1. The van der Waals surface area contributed by atoms with Crippen molar-refractivity contribution in [3.63, 3.8) is 0 Å². The van der Waals surface area contributed by atoms with E-state index in [1.165, 1.54) is 0 Å². The van der Waals surface area contributed by atoms with E-state index in [4.69, 9.17) is 10.5 Å². The van der Waals surface area contributed by atoms with Gasteiger partial charge in [-0.15, -0.1) is 0 Å². The molecule has 0 rings (SSSR count). The molecule has 4 nitrogen and oxygen atoms in total. The fourth-order valence-corrected chi connectivity index (χ4v) is 1.65. The van der Waals surface area contributed by atoms with Crippen LogP contribution in [0.2, 0.25) is 0 Å². The zero-order valence-corrected chi connectivity index (χ0v) is 9.79. The Morgan fingerprint density at radius 3 is 2.27 bits per heavy atom. The van der Waals surface area contributed by atoms with Gasteiger partial charge in [-0.25, -0.2) is 0 Å². The Kier molecular flexibility index (Phi) is 6.75. The van der Waals surface area contributed by atoms with E-state index in [0.717, 1.165) is 6.42 Å². The summed E-state index contributed by atoms with van der Waals surface area (Å²) in [6, 6.07) is 0. The molecule has 0 saturated carbocycles. The van der Waals surface area contributed by atoms with Crippen molar-refractivity contribution in [3.8, 4) is 0 Å². The van der Waals surface area contributed by atoms with E-state index in [0.29, 0.717) is 12.5 Å². The highest BCUT2D eigenvalue weighted by Gasteiger charge is 2.18. The van der Waals surface area contributed by atoms with Crippen LogP contribution in [0.1, 0.15) is 40.0 Å². The van der Waals surface area contributed by atoms with Crippen LogP contribution in [0, 0.1) is 11.8 Å². The molecular formula is C11H21NO3. The normalized spacial score (nSPS) is 12.5. The van der Waals surface area contributed by atoms with Gasteiger partial charge >= 0.3 is 5.97 Å². The summed E-state index contributed by atoms with van der Waals surface area (Å²) in [5, 5.41) is 0. The van der Waals surface area contributed by atoms with Crippen LogP contribution in [0.4, 0.5) is 0 Å². The summed E-state index contributed by atoms with van der Waals surface area (Å²) in [6.45, 7) is 6.26. The van der Waals surface area contributed by atoms with Crippen molar-refractivity contribution < 1.29 is 14.3 Å². The van der Waals surface area contributed by atoms with Gasteiger partial charge in [0.25, 0.3) is 0 Å². The van der Waals surface area contributed by atoms with Crippen LogP contribution >= 0.6 is 0 Å². The number of nitrogens with two attached hydrogens (primary N) is 1. The summed E-state index contributed by atoms with van der Waals surface area (Å²) in [5.74, 6) is -0.139. The van der Waals surface area contributed by atoms with Gasteiger partial charge in [0.1, 0.15) is 0 Å². The zero-order valence-electron chi connectivity index (χ0n) is 9.79. The Labute approximate surface area is 91.2 Å². The molecule has 0 fully saturated rings. The van der Waals surface area contributed by atoms with Gasteiger partial charge in [0.2, 0.25) is 5.91 Å². The molecular weight excluding hydrogens is 194 g/mol. The molecule has 1 atom stereocenters. The average Bonchev–Trinajstić information content (AvgIpc) is 2.00. The Balaban J connectivity index is 4.11. The van der Waals surface area contributed by atoms with E-state index >= 15 is 0 Å². The molecule has 0 aromatic carbocycles. The van der Waals surface area contributed by atoms with Crippen molar-refractivity contribution in [2.45, 2.75) is 40.0 Å². The van der Waals surface area contributed by atoms with Crippen molar-refractivity contribution in [1.82, 2.24) is 0 Å².